The van der Waals surface area contributed by atoms with Crippen LogP contribution < -0.4 is 10.6 Å². The Morgan fingerprint density at radius 3 is 1.56 bits per heavy atom. The van der Waals surface area contributed by atoms with Crippen molar-refractivity contribution in [2.24, 2.45) is 0 Å². The van der Waals surface area contributed by atoms with Gasteiger partial charge in [0, 0.05) is 0 Å². The molecule has 0 spiro atoms. The van der Waals surface area contributed by atoms with E-state index in [2.05, 4.69) is 10.6 Å². The fourth-order valence-corrected chi connectivity index (χ4v) is 5.88. The van der Waals surface area contributed by atoms with Crippen LogP contribution in [0, 0.1) is 0 Å². The third-order valence-corrected chi connectivity index (χ3v) is 7.07. The van der Waals surface area contributed by atoms with Gasteiger partial charge in [0.2, 0.25) is 14.2 Å². The van der Waals surface area contributed by atoms with Crippen LogP contribution in [0.1, 0.15) is 43.9 Å². The van der Waals surface area contributed by atoms with Crippen LogP contribution in [-0.4, -0.2) is 37.0 Å². The molecular weight excluding hydrogens is 525 g/mol. The molecule has 0 aliphatic rings. The Labute approximate surface area is 238 Å². The van der Waals surface area contributed by atoms with Gasteiger partial charge in [0.15, 0.2) is 5.05 Å². The van der Waals surface area contributed by atoms with Gasteiger partial charge in [-0.2, -0.15) is 0 Å². The zero-order chi connectivity index (χ0) is 28.7. The molecule has 0 aliphatic heterocycles. The van der Waals surface area contributed by atoms with Gasteiger partial charge in [-0.25, -0.2) is 4.79 Å². The molecule has 3 aromatic rings. The van der Waals surface area contributed by atoms with E-state index in [1.165, 1.54) is 0 Å². The maximum atomic E-state index is 13.9. The average Bonchev–Trinajstić information content (AvgIpc) is 2.86. The first-order valence-electron chi connectivity index (χ1n) is 13.0. The summed E-state index contributed by atoms with van der Waals surface area (Å²) in [4.78, 5) is 26.6. The molecule has 39 heavy (non-hydrogen) atoms. The van der Waals surface area contributed by atoms with E-state index >= 15 is 0 Å². The van der Waals surface area contributed by atoms with Crippen molar-refractivity contribution in [3.8, 4) is 0 Å². The predicted octanol–water partition coefficient (Wildman–Crippen LogP) is 6.56. The van der Waals surface area contributed by atoms with Crippen molar-refractivity contribution >= 4 is 37.6 Å². The molecule has 0 bridgehead atoms. The molecule has 3 rings (SSSR count). The van der Waals surface area contributed by atoms with E-state index in [0.717, 1.165) is 16.7 Å². The molecule has 0 heterocycles. The van der Waals surface area contributed by atoms with Crippen molar-refractivity contribution < 1.29 is 18.8 Å². The number of carbonyl (C=O) groups excluding carboxylic acids is 2. The van der Waals surface area contributed by atoms with Crippen LogP contribution >= 0.6 is 12.2 Å². The Kier molecular flexibility index (Phi) is 9.69. The lowest BCUT2D eigenvalue weighted by Gasteiger charge is -2.37. The molecule has 206 valence electrons. The van der Waals surface area contributed by atoms with E-state index in [-0.39, 0.29) is 17.4 Å². The highest BCUT2D eigenvalue weighted by Gasteiger charge is 2.39. The first kappa shape index (κ1) is 30.1. The molecule has 0 aliphatic carbocycles. The van der Waals surface area contributed by atoms with Crippen molar-refractivity contribution in [2.45, 2.75) is 64.0 Å². The van der Waals surface area contributed by atoms with Crippen LogP contribution in [0.15, 0.2) is 91.0 Å². The first-order valence-corrected chi connectivity index (χ1v) is 16.8. The quantitative estimate of drug-likeness (QED) is 0.176. The SMILES string of the molecule is CC(C)(C)OC(=O)NC(CC(=O)NC(c1ccccc1)(c1ccccc1)c1ccccc1)C(=S)O[Si](C)(C)C. The summed E-state index contributed by atoms with van der Waals surface area (Å²) in [7, 11) is -2.10. The van der Waals surface area contributed by atoms with Crippen molar-refractivity contribution in [3.05, 3.63) is 108 Å². The summed E-state index contributed by atoms with van der Waals surface area (Å²) in [5, 5.41) is 6.25. The van der Waals surface area contributed by atoms with E-state index in [0.29, 0.717) is 0 Å². The van der Waals surface area contributed by atoms with E-state index in [1.807, 2.05) is 111 Å². The summed E-state index contributed by atoms with van der Waals surface area (Å²) >= 11 is 5.59. The second kappa shape index (κ2) is 12.6. The summed E-state index contributed by atoms with van der Waals surface area (Å²) in [6, 6.07) is 28.6. The molecule has 2 N–H and O–H groups in total. The minimum Gasteiger partial charge on any atom is -0.538 e. The normalized spacial score (nSPS) is 12.7. The topological polar surface area (TPSA) is 76.7 Å². The first-order chi connectivity index (χ1) is 18.3. The minimum atomic E-state index is -2.10. The van der Waals surface area contributed by atoms with E-state index in [4.69, 9.17) is 21.4 Å². The summed E-state index contributed by atoms with van der Waals surface area (Å²) in [5.41, 5.74) is 0.995. The number of hydrogen-bond donors (Lipinski definition) is 2. The second-order valence-corrected chi connectivity index (χ2v) is 16.2. The van der Waals surface area contributed by atoms with Crippen LogP contribution in [-0.2, 0) is 19.5 Å². The molecule has 0 saturated carbocycles. The summed E-state index contributed by atoms with van der Waals surface area (Å²) in [6.45, 7) is 11.3. The van der Waals surface area contributed by atoms with Gasteiger partial charge < -0.3 is 19.8 Å². The van der Waals surface area contributed by atoms with Gasteiger partial charge in [-0.3, -0.25) is 4.79 Å². The smallest absolute Gasteiger partial charge is 0.408 e. The number of hydrogen-bond acceptors (Lipinski definition) is 5. The van der Waals surface area contributed by atoms with Crippen LogP contribution in [0.3, 0.4) is 0 Å². The lowest BCUT2D eigenvalue weighted by molar-refractivity contribution is -0.122. The summed E-state index contributed by atoms with van der Waals surface area (Å²) < 4.78 is 11.5. The zero-order valence-electron chi connectivity index (χ0n) is 23.5. The van der Waals surface area contributed by atoms with Gasteiger partial charge in [-0.1, -0.05) is 91.0 Å². The second-order valence-electron chi connectivity index (χ2n) is 11.3. The number of ether oxygens (including phenoxy) is 1. The van der Waals surface area contributed by atoms with Crippen LogP contribution in [0.5, 0.6) is 0 Å². The van der Waals surface area contributed by atoms with E-state index in [1.54, 1.807) is 20.8 Å². The standard InChI is InChI=1S/C31H38N2O4SSi/c1-30(2,3)36-29(35)32-26(28(38)37-39(4,5)6)22-27(34)33-31(23-16-10-7-11-17-23,24-18-12-8-13-19-24)25-20-14-9-15-21-25/h7-21,26H,22H2,1-6H3,(H,32,35)(H,33,34). The van der Waals surface area contributed by atoms with Crippen molar-refractivity contribution in [2.75, 3.05) is 0 Å². The third-order valence-electron chi connectivity index (χ3n) is 5.72. The lowest BCUT2D eigenvalue weighted by Crippen LogP contribution is -2.52. The van der Waals surface area contributed by atoms with Crippen molar-refractivity contribution in [1.29, 1.82) is 0 Å². The molecular formula is C31H38N2O4SSi. The van der Waals surface area contributed by atoms with Crippen LogP contribution in [0.4, 0.5) is 4.79 Å². The molecule has 0 aromatic heterocycles. The van der Waals surface area contributed by atoms with Crippen molar-refractivity contribution in [1.82, 2.24) is 10.6 Å². The van der Waals surface area contributed by atoms with Gasteiger partial charge in [0.1, 0.15) is 17.2 Å². The van der Waals surface area contributed by atoms with E-state index < -0.39 is 31.6 Å². The molecule has 2 amide bonds. The minimum absolute atomic E-state index is 0.128. The highest BCUT2D eigenvalue weighted by molar-refractivity contribution is 7.80. The van der Waals surface area contributed by atoms with Crippen LogP contribution in [0.25, 0.3) is 0 Å². The average molecular weight is 563 g/mol. The number of benzene rings is 3. The molecule has 8 heteroatoms. The fraction of sp³-hybridized carbons (Fsp3) is 0.323. The Balaban J connectivity index is 2.03. The molecule has 0 fully saturated rings. The van der Waals surface area contributed by atoms with Gasteiger partial charge in [-0.05, 0) is 69.3 Å². The Morgan fingerprint density at radius 2 is 1.21 bits per heavy atom. The highest BCUT2D eigenvalue weighted by atomic mass is 32.1. The summed E-state index contributed by atoms with van der Waals surface area (Å²) in [6.07, 6.45) is -0.793. The number of rotatable bonds is 9. The fourth-order valence-electron chi connectivity index (χ4n) is 4.24. The largest absolute Gasteiger partial charge is 0.538 e. The molecule has 6 nitrogen and oxygen atoms in total. The Morgan fingerprint density at radius 1 is 0.795 bits per heavy atom. The number of nitrogens with one attached hydrogen (secondary N) is 2. The van der Waals surface area contributed by atoms with Gasteiger partial charge in [0.05, 0.1) is 6.42 Å². The Hall–Kier alpha value is -3.49. The van der Waals surface area contributed by atoms with Crippen LogP contribution in [0.2, 0.25) is 19.6 Å². The zero-order valence-corrected chi connectivity index (χ0v) is 25.3. The lowest BCUT2D eigenvalue weighted by atomic mass is 9.77. The number of alkyl carbamates (subject to hydrolysis) is 1. The van der Waals surface area contributed by atoms with Gasteiger partial charge in [-0.15, -0.1) is 0 Å². The van der Waals surface area contributed by atoms with Gasteiger partial charge in [0.25, 0.3) is 0 Å². The third kappa shape index (κ3) is 8.50. The molecule has 0 radical (unpaired) electrons. The monoisotopic (exact) mass is 562 g/mol. The molecule has 3 aromatic carbocycles. The predicted molar refractivity (Wildman–Crippen MR) is 162 cm³/mol. The van der Waals surface area contributed by atoms with Gasteiger partial charge >= 0.3 is 6.09 Å². The molecule has 1 atom stereocenters. The Bertz CT molecular complexity index is 1160. The maximum Gasteiger partial charge on any atom is 0.408 e. The maximum absolute atomic E-state index is 13.9. The van der Waals surface area contributed by atoms with E-state index in [9.17, 15) is 9.59 Å². The number of carbonyl (C=O) groups is 2. The molecule has 0 saturated heterocycles. The molecule has 1 unspecified atom stereocenters. The number of thiocarbonyl (C=S) groups is 1. The highest BCUT2D eigenvalue weighted by Crippen LogP contribution is 2.37. The number of amides is 2. The van der Waals surface area contributed by atoms with Crippen molar-refractivity contribution in [3.63, 3.8) is 0 Å². The summed E-state index contributed by atoms with van der Waals surface area (Å²) in [5.74, 6) is -0.311.